The zero-order valence-electron chi connectivity index (χ0n) is 7.61. The Labute approximate surface area is 87.4 Å². The smallest absolute Gasteiger partial charge is 0.166 e. The first-order chi connectivity index (χ1) is 6.68. The number of rotatable bonds is 3. The van der Waals surface area contributed by atoms with Gasteiger partial charge < -0.3 is 5.21 Å². The molecule has 3 nitrogen and oxygen atoms in total. The third-order valence-electron chi connectivity index (χ3n) is 2.57. The predicted molar refractivity (Wildman–Crippen MR) is 53.7 cm³/mol. The van der Waals surface area contributed by atoms with Gasteiger partial charge in [0.15, 0.2) is 5.69 Å². The minimum absolute atomic E-state index is 0.247. The molecule has 0 spiro atoms. The fourth-order valence-electron chi connectivity index (χ4n) is 1.61. The summed E-state index contributed by atoms with van der Waals surface area (Å²) in [5, 5.41) is 19.2. The van der Waals surface area contributed by atoms with Crippen LogP contribution in [0.4, 0.5) is 5.69 Å². The fraction of sp³-hybridized carbons (Fsp3) is 0.400. The van der Waals surface area contributed by atoms with E-state index >= 15 is 0 Å². The summed E-state index contributed by atoms with van der Waals surface area (Å²) in [7, 11) is 0. The normalized spacial score (nSPS) is 27.4. The van der Waals surface area contributed by atoms with Crippen LogP contribution in [0, 0.1) is 11.1 Å². The topological polar surface area (TPSA) is 47.7 Å². The number of benzene rings is 1. The maximum absolute atomic E-state index is 10.9. The standard InChI is InChI=1S/C10H12ClNO2/c11-9-6-8(9)5-7-3-1-2-4-10(7)12(13)14/h1-4,8-9,12-13H,5-6H2/t8-,9+/m1/s1. The monoisotopic (exact) mass is 213 g/mol. The number of quaternary nitrogens is 1. The maximum atomic E-state index is 10.9. The Morgan fingerprint density at radius 1 is 1.50 bits per heavy atom. The lowest BCUT2D eigenvalue weighted by atomic mass is 10.1. The lowest BCUT2D eigenvalue weighted by molar-refractivity contribution is -0.991. The molecule has 1 unspecified atom stereocenters. The number of para-hydroxylation sites is 1. The predicted octanol–water partition coefficient (Wildman–Crippen LogP) is 1.26. The van der Waals surface area contributed by atoms with Crippen LogP contribution < -0.4 is 5.23 Å². The van der Waals surface area contributed by atoms with Gasteiger partial charge in [-0.3, -0.25) is 0 Å². The Bertz CT molecular complexity index is 330. The highest BCUT2D eigenvalue weighted by atomic mass is 35.5. The number of nitrogens with one attached hydrogen (secondary N) is 1. The summed E-state index contributed by atoms with van der Waals surface area (Å²) in [4.78, 5) is 0. The van der Waals surface area contributed by atoms with E-state index < -0.39 is 5.23 Å². The van der Waals surface area contributed by atoms with Crippen molar-refractivity contribution in [1.29, 1.82) is 0 Å². The van der Waals surface area contributed by atoms with Crippen molar-refractivity contribution >= 4 is 17.3 Å². The summed E-state index contributed by atoms with van der Waals surface area (Å²) in [6, 6.07) is 7.13. The Balaban J connectivity index is 2.15. The SMILES string of the molecule is [O-][NH+](O)c1ccccc1C[C@@H]1C[C@@H]1Cl. The first kappa shape index (κ1) is 9.93. The molecule has 0 bridgehead atoms. The molecule has 0 aromatic heterocycles. The van der Waals surface area contributed by atoms with E-state index in [1.807, 2.05) is 12.1 Å². The highest BCUT2D eigenvalue weighted by Gasteiger charge is 2.35. The van der Waals surface area contributed by atoms with E-state index in [0.717, 1.165) is 18.4 Å². The van der Waals surface area contributed by atoms with Crippen molar-refractivity contribution in [3.8, 4) is 0 Å². The molecular formula is C10H12ClNO2. The molecule has 2 N–H and O–H groups in total. The Hall–Kier alpha value is -0.610. The van der Waals surface area contributed by atoms with Crippen LogP contribution in [0.1, 0.15) is 12.0 Å². The van der Waals surface area contributed by atoms with Crippen LogP contribution in [0.15, 0.2) is 24.3 Å². The van der Waals surface area contributed by atoms with Gasteiger partial charge in [0, 0.05) is 17.0 Å². The Morgan fingerprint density at radius 3 is 2.71 bits per heavy atom. The molecule has 3 atom stereocenters. The van der Waals surface area contributed by atoms with Gasteiger partial charge in [0.25, 0.3) is 0 Å². The van der Waals surface area contributed by atoms with Gasteiger partial charge in [-0.1, -0.05) is 18.2 Å². The second-order valence-corrected chi connectivity index (χ2v) is 4.24. The molecule has 76 valence electrons. The number of halogens is 1. The minimum atomic E-state index is -0.854. The van der Waals surface area contributed by atoms with Crippen LogP contribution >= 0.6 is 11.6 Å². The van der Waals surface area contributed by atoms with Crippen molar-refractivity contribution in [2.45, 2.75) is 18.2 Å². The third-order valence-corrected chi connectivity index (χ3v) is 3.10. The summed E-state index contributed by atoms with van der Waals surface area (Å²) in [5.74, 6) is 0.470. The summed E-state index contributed by atoms with van der Waals surface area (Å²) in [5.41, 5.74) is 1.30. The van der Waals surface area contributed by atoms with E-state index in [1.165, 1.54) is 0 Å². The van der Waals surface area contributed by atoms with Crippen molar-refractivity contribution in [2.75, 3.05) is 0 Å². The van der Waals surface area contributed by atoms with Gasteiger partial charge in [-0.15, -0.1) is 11.6 Å². The van der Waals surface area contributed by atoms with Gasteiger partial charge in [-0.2, -0.15) is 5.23 Å². The van der Waals surface area contributed by atoms with Crippen LogP contribution in [-0.4, -0.2) is 10.6 Å². The molecule has 1 aromatic carbocycles. The van der Waals surface area contributed by atoms with Gasteiger partial charge in [-0.25, -0.2) is 5.21 Å². The highest BCUT2D eigenvalue weighted by molar-refractivity contribution is 6.22. The van der Waals surface area contributed by atoms with Gasteiger partial charge in [0.05, 0.1) is 0 Å². The minimum Gasteiger partial charge on any atom is -0.595 e. The van der Waals surface area contributed by atoms with Crippen LogP contribution in [0.25, 0.3) is 0 Å². The molecule has 1 aliphatic rings. The van der Waals surface area contributed by atoms with Crippen LogP contribution in [0.5, 0.6) is 0 Å². The quantitative estimate of drug-likeness (QED) is 0.587. The molecule has 1 aliphatic carbocycles. The summed E-state index contributed by atoms with van der Waals surface area (Å²) >= 11 is 5.89. The molecule has 0 saturated heterocycles. The van der Waals surface area contributed by atoms with E-state index in [0.29, 0.717) is 11.6 Å². The van der Waals surface area contributed by atoms with E-state index in [-0.39, 0.29) is 5.38 Å². The molecular weight excluding hydrogens is 202 g/mol. The third kappa shape index (κ3) is 2.07. The zero-order valence-corrected chi connectivity index (χ0v) is 8.37. The van der Waals surface area contributed by atoms with Crippen molar-refractivity contribution in [3.63, 3.8) is 0 Å². The fourth-order valence-corrected chi connectivity index (χ4v) is 1.93. The van der Waals surface area contributed by atoms with Crippen molar-refractivity contribution < 1.29 is 10.4 Å². The Morgan fingerprint density at radius 2 is 2.14 bits per heavy atom. The van der Waals surface area contributed by atoms with Crippen LogP contribution in [0.2, 0.25) is 0 Å². The molecule has 14 heavy (non-hydrogen) atoms. The van der Waals surface area contributed by atoms with Gasteiger partial charge in [0.2, 0.25) is 0 Å². The van der Waals surface area contributed by atoms with Crippen LogP contribution in [-0.2, 0) is 6.42 Å². The second-order valence-electron chi connectivity index (χ2n) is 3.68. The largest absolute Gasteiger partial charge is 0.595 e. The van der Waals surface area contributed by atoms with Crippen molar-refractivity contribution in [1.82, 2.24) is 0 Å². The summed E-state index contributed by atoms with van der Waals surface area (Å²) < 4.78 is 0. The van der Waals surface area contributed by atoms with Gasteiger partial charge in [-0.05, 0) is 18.8 Å². The lowest BCUT2D eigenvalue weighted by Crippen LogP contribution is -2.99. The number of hydrogen-bond donors (Lipinski definition) is 2. The van der Waals surface area contributed by atoms with Gasteiger partial charge >= 0.3 is 0 Å². The highest BCUT2D eigenvalue weighted by Crippen LogP contribution is 2.39. The average Bonchev–Trinajstić information content (AvgIpc) is 2.82. The molecule has 0 heterocycles. The van der Waals surface area contributed by atoms with Crippen molar-refractivity contribution in [2.24, 2.45) is 5.92 Å². The molecule has 1 aromatic rings. The lowest BCUT2D eigenvalue weighted by Gasteiger charge is -2.15. The maximum Gasteiger partial charge on any atom is 0.166 e. The Kier molecular flexibility index (Phi) is 2.74. The molecule has 0 aliphatic heterocycles. The molecule has 4 heteroatoms. The second kappa shape index (κ2) is 3.87. The van der Waals surface area contributed by atoms with Crippen molar-refractivity contribution in [3.05, 3.63) is 35.0 Å². The molecule has 0 radical (unpaired) electrons. The molecule has 0 amide bonds. The van der Waals surface area contributed by atoms with E-state index in [4.69, 9.17) is 16.8 Å². The van der Waals surface area contributed by atoms with Gasteiger partial charge in [0.1, 0.15) is 0 Å². The molecule has 1 fully saturated rings. The van der Waals surface area contributed by atoms with E-state index in [2.05, 4.69) is 0 Å². The van der Waals surface area contributed by atoms with E-state index in [9.17, 15) is 5.21 Å². The molecule has 2 rings (SSSR count). The zero-order chi connectivity index (χ0) is 10.1. The first-order valence-electron chi connectivity index (χ1n) is 4.63. The van der Waals surface area contributed by atoms with Crippen LogP contribution in [0.3, 0.4) is 0 Å². The average molecular weight is 214 g/mol. The number of alkyl halides is 1. The first-order valence-corrected chi connectivity index (χ1v) is 5.07. The van der Waals surface area contributed by atoms with E-state index in [1.54, 1.807) is 12.1 Å². The molecule has 1 saturated carbocycles. The summed E-state index contributed by atoms with van der Waals surface area (Å²) in [6.07, 6.45) is 1.80. The number of hydrogen-bond acceptors (Lipinski definition) is 2. The summed E-state index contributed by atoms with van der Waals surface area (Å²) in [6.45, 7) is 0.